The molecule has 0 heterocycles. The van der Waals surface area contributed by atoms with Crippen molar-refractivity contribution in [1.29, 1.82) is 0 Å². The van der Waals surface area contributed by atoms with Crippen LogP contribution in [0.3, 0.4) is 0 Å². The van der Waals surface area contributed by atoms with Crippen molar-refractivity contribution in [2.24, 2.45) is 0 Å². The van der Waals surface area contributed by atoms with E-state index in [4.69, 9.17) is 0 Å². The number of fused-ring (bicyclic) bond motifs is 2. The third-order valence-electron chi connectivity index (χ3n) is 10.4. The molecule has 6 aromatic rings. The topological polar surface area (TPSA) is 0 Å². The van der Waals surface area contributed by atoms with E-state index in [-0.39, 0.29) is 0 Å². The Balaban J connectivity index is 1.44. The molecule has 0 amide bonds. The molecule has 6 aromatic carbocycles. The fraction of sp³-hybridized carbons (Fsp3) is 0.0769. The Morgan fingerprint density at radius 1 is 0.673 bits per heavy atom. The third kappa shape index (κ3) is 6.64. The van der Waals surface area contributed by atoms with Crippen LogP contribution in [0.2, 0.25) is 0 Å². The molecule has 0 atom stereocenters. The van der Waals surface area contributed by atoms with Gasteiger partial charge in [-0.05, 0) is 121 Å². The molecule has 0 aromatic heterocycles. The van der Waals surface area contributed by atoms with Gasteiger partial charge in [0.15, 0.2) is 0 Å². The van der Waals surface area contributed by atoms with Crippen LogP contribution in [0, 0.1) is 6.92 Å². The van der Waals surface area contributed by atoms with Crippen molar-refractivity contribution in [2.75, 3.05) is 0 Å². The van der Waals surface area contributed by atoms with Gasteiger partial charge in [0.05, 0.1) is 0 Å². The molecule has 0 heteroatoms. The molecule has 0 N–H and O–H groups in total. The van der Waals surface area contributed by atoms with Crippen LogP contribution in [0.25, 0.3) is 51.8 Å². The van der Waals surface area contributed by atoms with Gasteiger partial charge in [-0.2, -0.15) is 0 Å². The summed E-state index contributed by atoms with van der Waals surface area (Å²) in [5.41, 5.74) is 17.8. The molecule has 0 saturated heterocycles. The van der Waals surface area contributed by atoms with Gasteiger partial charge in [-0.1, -0.05) is 189 Å². The van der Waals surface area contributed by atoms with E-state index in [0.717, 1.165) is 24.8 Å². The van der Waals surface area contributed by atoms with Gasteiger partial charge >= 0.3 is 0 Å². The zero-order valence-electron chi connectivity index (χ0n) is 29.7. The molecular formula is C52H42. The van der Waals surface area contributed by atoms with Gasteiger partial charge in [-0.25, -0.2) is 0 Å². The van der Waals surface area contributed by atoms with Gasteiger partial charge in [-0.3, -0.25) is 0 Å². The van der Waals surface area contributed by atoms with E-state index < -0.39 is 0 Å². The molecule has 2 aliphatic carbocycles. The van der Waals surface area contributed by atoms with Crippen LogP contribution >= 0.6 is 0 Å². The standard InChI is InChI=1S/C52H42/c1-3-39-21-12-13-26-43(39)35-45-36-50(44(34-38-19-6-4-7-20-38)31-30-40-22-11-10-18-37(40)2)47-28-16-17-29-48(47)52(45)49-33-32-41-23-14-15-27-46(41)51(49)42-24-8-5-9-25-42/h3-15,17-27,29-35H,1,16,28,36H2,2H3/b31-30-,44-34?,45-35+. The first-order valence-electron chi connectivity index (χ1n) is 18.3. The zero-order chi connectivity index (χ0) is 35.3. The molecule has 0 nitrogen and oxygen atoms in total. The van der Waals surface area contributed by atoms with Crippen molar-refractivity contribution in [3.63, 3.8) is 0 Å². The summed E-state index contributed by atoms with van der Waals surface area (Å²) in [5, 5.41) is 2.52. The molecule has 0 fully saturated rings. The minimum absolute atomic E-state index is 0.811. The maximum absolute atomic E-state index is 4.19. The fourth-order valence-corrected chi connectivity index (χ4v) is 7.82. The Kier molecular flexibility index (Phi) is 9.46. The van der Waals surface area contributed by atoms with E-state index in [9.17, 15) is 0 Å². The lowest BCUT2D eigenvalue weighted by molar-refractivity contribution is 0.928. The Bertz CT molecular complexity index is 2470. The van der Waals surface area contributed by atoms with E-state index in [1.807, 2.05) is 6.08 Å². The molecule has 0 saturated carbocycles. The first-order valence-corrected chi connectivity index (χ1v) is 18.3. The number of aryl methyl sites for hydroxylation is 1. The predicted octanol–water partition coefficient (Wildman–Crippen LogP) is 14.1. The summed E-state index contributed by atoms with van der Waals surface area (Å²) in [5.74, 6) is 0. The largest absolute Gasteiger partial charge is 0.0984 e. The summed E-state index contributed by atoms with van der Waals surface area (Å²) in [6.45, 7) is 6.37. The summed E-state index contributed by atoms with van der Waals surface area (Å²) in [7, 11) is 0. The van der Waals surface area contributed by atoms with Gasteiger partial charge in [0, 0.05) is 0 Å². The van der Waals surface area contributed by atoms with Crippen LogP contribution in [0.15, 0.2) is 198 Å². The van der Waals surface area contributed by atoms with E-state index in [0.29, 0.717) is 0 Å². The summed E-state index contributed by atoms with van der Waals surface area (Å²) in [4.78, 5) is 0. The van der Waals surface area contributed by atoms with Gasteiger partial charge in [0.25, 0.3) is 0 Å². The van der Waals surface area contributed by atoms with Crippen molar-refractivity contribution in [3.05, 3.63) is 232 Å². The van der Waals surface area contributed by atoms with Gasteiger partial charge < -0.3 is 0 Å². The van der Waals surface area contributed by atoms with Crippen molar-refractivity contribution in [2.45, 2.75) is 26.2 Å². The Morgan fingerprint density at radius 3 is 2.15 bits per heavy atom. The molecule has 250 valence electrons. The van der Waals surface area contributed by atoms with Crippen LogP contribution < -0.4 is 0 Å². The van der Waals surface area contributed by atoms with Crippen LogP contribution in [0.4, 0.5) is 0 Å². The van der Waals surface area contributed by atoms with Crippen LogP contribution in [-0.2, 0) is 0 Å². The highest BCUT2D eigenvalue weighted by Crippen LogP contribution is 2.50. The van der Waals surface area contributed by atoms with Crippen LogP contribution in [0.5, 0.6) is 0 Å². The minimum atomic E-state index is 0.811. The molecule has 0 radical (unpaired) electrons. The van der Waals surface area contributed by atoms with Gasteiger partial charge in [-0.15, -0.1) is 0 Å². The lowest BCUT2D eigenvalue weighted by atomic mass is 9.72. The highest BCUT2D eigenvalue weighted by atomic mass is 14.3. The lowest BCUT2D eigenvalue weighted by Gasteiger charge is -2.32. The second-order valence-electron chi connectivity index (χ2n) is 13.6. The Hall–Kier alpha value is -6.24. The number of allylic oxidation sites excluding steroid dienone is 9. The minimum Gasteiger partial charge on any atom is -0.0984 e. The Morgan fingerprint density at radius 2 is 1.37 bits per heavy atom. The van der Waals surface area contributed by atoms with Crippen molar-refractivity contribution in [3.8, 4) is 11.1 Å². The number of rotatable bonds is 8. The molecule has 0 spiro atoms. The first kappa shape index (κ1) is 32.9. The average Bonchev–Trinajstić information content (AvgIpc) is 3.20. The smallest absolute Gasteiger partial charge is 0.00103 e. The predicted molar refractivity (Wildman–Crippen MR) is 225 cm³/mol. The highest BCUT2D eigenvalue weighted by Gasteiger charge is 2.29. The van der Waals surface area contributed by atoms with Gasteiger partial charge in [0.2, 0.25) is 0 Å². The normalized spacial score (nSPS) is 15.5. The van der Waals surface area contributed by atoms with E-state index in [1.165, 1.54) is 83.2 Å². The highest BCUT2D eigenvalue weighted by molar-refractivity contribution is 6.07. The van der Waals surface area contributed by atoms with Crippen LogP contribution in [0.1, 0.15) is 52.6 Å². The molecule has 2 aliphatic rings. The molecule has 52 heavy (non-hydrogen) atoms. The molecule has 0 bridgehead atoms. The molecule has 0 unspecified atom stereocenters. The second kappa shape index (κ2) is 14.9. The summed E-state index contributed by atoms with van der Waals surface area (Å²) < 4.78 is 0. The summed E-state index contributed by atoms with van der Waals surface area (Å²) in [6, 6.07) is 52.4. The first-order chi connectivity index (χ1) is 25.7. The van der Waals surface area contributed by atoms with Crippen LogP contribution in [-0.4, -0.2) is 0 Å². The van der Waals surface area contributed by atoms with E-state index in [2.05, 4.69) is 196 Å². The lowest BCUT2D eigenvalue weighted by Crippen LogP contribution is -2.12. The molecule has 8 rings (SSSR count). The summed E-state index contributed by atoms with van der Waals surface area (Å²) >= 11 is 0. The van der Waals surface area contributed by atoms with Crippen molar-refractivity contribution >= 4 is 40.6 Å². The number of benzene rings is 6. The fourth-order valence-electron chi connectivity index (χ4n) is 7.82. The maximum Gasteiger partial charge on any atom is -0.00103 e. The zero-order valence-corrected chi connectivity index (χ0v) is 29.7. The van der Waals surface area contributed by atoms with Gasteiger partial charge in [0.1, 0.15) is 0 Å². The molecule has 0 aliphatic heterocycles. The second-order valence-corrected chi connectivity index (χ2v) is 13.6. The average molecular weight is 667 g/mol. The SMILES string of the molecule is C=Cc1ccccc1/C=C1\CC(C(=Cc2ccccc2)/C=C\c2ccccc2C)=C2CCC=CC2=C1c1ccc2ccccc2c1-c1ccccc1. The van der Waals surface area contributed by atoms with Crippen molar-refractivity contribution in [1.82, 2.24) is 0 Å². The summed E-state index contributed by atoms with van der Waals surface area (Å²) in [6.07, 6.45) is 19.0. The van der Waals surface area contributed by atoms with E-state index >= 15 is 0 Å². The third-order valence-corrected chi connectivity index (χ3v) is 10.4. The monoisotopic (exact) mass is 666 g/mol. The molecular weight excluding hydrogens is 625 g/mol. The number of hydrogen-bond acceptors (Lipinski definition) is 0. The quantitative estimate of drug-likeness (QED) is 0.142. The van der Waals surface area contributed by atoms with E-state index in [1.54, 1.807) is 0 Å². The Labute approximate surface area is 308 Å². The van der Waals surface area contributed by atoms with Crippen molar-refractivity contribution < 1.29 is 0 Å². The number of hydrogen-bond donors (Lipinski definition) is 0. The maximum atomic E-state index is 4.19.